The molecule has 1 amide bonds. The van der Waals surface area contributed by atoms with E-state index in [1.165, 1.54) is 0 Å². The van der Waals surface area contributed by atoms with Gasteiger partial charge in [-0.3, -0.25) is 4.79 Å². The highest BCUT2D eigenvalue weighted by molar-refractivity contribution is 5.78. The highest BCUT2D eigenvalue weighted by atomic mass is 16.5. The first-order valence-corrected chi connectivity index (χ1v) is 5.02. The number of ether oxygens (including phenoxy) is 1. The molecular weight excluding hydrogens is 180 g/mol. The number of carbonyl (C=O) groups excluding carboxylic acids is 1. The van der Waals surface area contributed by atoms with Crippen LogP contribution in [0.3, 0.4) is 0 Å². The number of nitrogens with zero attached hydrogens (tertiary/aromatic N) is 1. The summed E-state index contributed by atoms with van der Waals surface area (Å²) in [6, 6.07) is 0. The molecule has 0 aromatic heterocycles. The summed E-state index contributed by atoms with van der Waals surface area (Å²) in [7, 11) is 0. The lowest BCUT2D eigenvalue weighted by Gasteiger charge is -2.36. The second-order valence-electron chi connectivity index (χ2n) is 5.00. The standard InChI is InChI=1S/C10H20N2O2/c1-10(2,3)7-12-5-8(4-11)14-6-9(12)13/h8H,4-7,11H2,1-3H3. The van der Waals surface area contributed by atoms with Crippen LogP contribution in [0.2, 0.25) is 0 Å². The van der Waals surface area contributed by atoms with Crippen LogP contribution in [-0.2, 0) is 9.53 Å². The van der Waals surface area contributed by atoms with Gasteiger partial charge in [-0.05, 0) is 5.41 Å². The topological polar surface area (TPSA) is 55.6 Å². The summed E-state index contributed by atoms with van der Waals surface area (Å²) in [5.74, 6) is 0.0737. The molecule has 0 bridgehead atoms. The number of amides is 1. The Morgan fingerprint density at radius 3 is 2.71 bits per heavy atom. The zero-order valence-corrected chi connectivity index (χ0v) is 9.25. The van der Waals surface area contributed by atoms with Gasteiger partial charge in [0.05, 0.1) is 6.10 Å². The van der Waals surface area contributed by atoms with E-state index in [1.807, 2.05) is 4.90 Å². The molecule has 1 saturated heterocycles. The Morgan fingerprint density at radius 1 is 1.57 bits per heavy atom. The SMILES string of the molecule is CC(C)(C)CN1CC(CN)OCC1=O. The number of nitrogens with two attached hydrogens (primary N) is 1. The first-order valence-electron chi connectivity index (χ1n) is 5.02. The molecule has 0 spiro atoms. The second kappa shape index (κ2) is 4.28. The minimum atomic E-state index is 0.00931. The number of morpholine rings is 1. The molecule has 1 aliphatic rings. The van der Waals surface area contributed by atoms with Gasteiger partial charge in [-0.25, -0.2) is 0 Å². The lowest BCUT2D eigenvalue weighted by Crippen LogP contribution is -2.51. The monoisotopic (exact) mass is 200 g/mol. The summed E-state index contributed by atoms with van der Waals surface area (Å²) >= 11 is 0. The number of rotatable bonds is 2. The molecule has 0 aromatic rings. The zero-order valence-electron chi connectivity index (χ0n) is 9.25. The molecule has 0 saturated carbocycles. The lowest BCUT2D eigenvalue weighted by atomic mass is 9.95. The van der Waals surface area contributed by atoms with Crippen LogP contribution in [0, 0.1) is 5.41 Å². The van der Waals surface area contributed by atoms with E-state index in [2.05, 4.69) is 20.8 Å². The second-order valence-corrected chi connectivity index (χ2v) is 5.00. The van der Waals surface area contributed by atoms with E-state index in [-0.39, 0.29) is 24.0 Å². The molecule has 0 radical (unpaired) electrons. The average Bonchev–Trinajstić information content (AvgIpc) is 2.06. The van der Waals surface area contributed by atoms with Crippen LogP contribution in [-0.4, -0.2) is 43.2 Å². The molecule has 1 rings (SSSR count). The quantitative estimate of drug-likeness (QED) is 0.693. The van der Waals surface area contributed by atoms with Crippen molar-refractivity contribution in [3.8, 4) is 0 Å². The van der Waals surface area contributed by atoms with Gasteiger partial charge >= 0.3 is 0 Å². The van der Waals surface area contributed by atoms with Crippen LogP contribution in [0.4, 0.5) is 0 Å². The van der Waals surface area contributed by atoms with Gasteiger partial charge in [-0.1, -0.05) is 20.8 Å². The minimum Gasteiger partial charge on any atom is -0.365 e. The maximum absolute atomic E-state index is 11.5. The van der Waals surface area contributed by atoms with E-state index in [4.69, 9.17) is 10.5 Å². The molecular formula is C10H20N2O2. The van der Waals surface area contributed by atoms with Crippen molar-refractivity contribution in [2.45, 2.75) is 26.9 Å². The van der Waals surface area contributed by atoms with Gasteiger partial charge in [0.25, 0.3) is 0 Å². The van der Waals surface area contributed by atoms with E-state index in [0.29, 0.717) is 13.1 Å². The van der Waals surface area contributed by atoms with Gasteiger partial charge in [-0.15, -0.1) is 0 Å². The van der Waals surface area contributed by atoms with Gasteiger partial charge in [-0.2, -0.15) is 0 Å². The Kier molecular flexibility index (Phi) is 3.50. The third kappa shape index (κ3) is 3.27. The number of hydrogen-bond donors (Lipinski definition) is 1. The van der Waals surface area contributed by atoms with Crippen molar-refractivity contribution in [2.24, 2.45) is 11.1 Å². The van der Waals surface area contributed by atoms with Crippen LogP contribution in [0.5, 0.6) is 0 Å². The fraction of sp³-hybridized carbons (Fsp3) is 0.900. The molecule has 1 unspecified atom stereocenters. The normalized spacial score (nSPS) is 24.1. The third-order valence-corrected chi connectivity index (χ3v) is 2.15. The van der Waals surface area contributed by atoms with E-state index >= 15 is 0 Å². The maximum Gasteiger partial charge on any atom is 0.248 e. The molecule has 1 heterocycles. The summed E-state index contributed by atoms with van der Waals surface area (Å²) in [5.41, 5.74) is 5.64. The van der Waals surface area contributed by atoms with E-state index in [9.17, 15) is 4.79 Å². The van der Waals surface area contributed by atoms with Crippen molar-refractivity contribution in [3.63, 3.8) is 0 Å². The Bertz CT molecular complexity index is 211. The van der Waals surface area contributed by atoms with Crippen LogP contribution in [0.15, 0.2) is 0 Å². The lowest BCUT2D eigenvalue weighted by molar-refractivity contribution is -0.149. The largest absolute Gasteiger partial charge is 0.365 e. The summed E-state index contributed by atoms with van der Waals surface area (Å²) in [5, 5.41) is 0. The molecule has 4 heteroatoms. The summed E-state index contributed by atoms with van der Waals surface area (Å²) < 4.78 is 5.27. The molecule has 1 atom stereocenters. The van der Waals surface area contributed by atoms with Crippen LogP contribution >= 0.6 is 0 Å². The van der Waals surface area contributed by atoms with Crippen molar-refractivity contribution < 1.29 is 9.53 Å². The molecule has 14 heavy (non-hydrogen) atoms. The predicted molar refractivity (Wildman–Crippen MR) is 54.8 cm³/mol. The number of carbonyl (C=O) groups is 1. The van der Waals surface area contributed by atoms with Gasteiger partial charge in [0, 0.05) is 19.6 Å². The maximum atomic E-state index is 11.5. The highest BCUT2D eigenvalue weighted by Gasteiger charge is 2.28. The molecule has 4 nitrogen and oxygen atoms in total. The van der Waals surface area contributed by atoms with Gasteiger partial charge in [0.1, 0.15) is 6.61 Å². The molecule has 82 valence electrons. The van der Waals surface area contributed by atoms with Gasteiger partial charge in [0.15, 0.2) is 0 Å². The first kappa shape index (κ1) is 11.5. The Labute approximate surface area is 85.4 Å². The molecule has 1 fully saturated rings. The van der Waals surface area contributed by atoms with Crippen LogP contribution in [0.1, 0.15) is 20.8 Å². The van der Waals surface area contributed by atoms with Gasteiger partial charge in [0.2, 0.25) is 5.91 Å². The molecule has 1 aliphatic heterocycles. The van der Waals surface area contributed by atoms with Crippen molar-refractivity contribution in [1.29, 1.82) is 0 Å². The zero-order chi connectivity index (χ0) is 10.8. The van der Waals surface area contributed by atoms with Gasteiger partial charge < -0.3 is 15.4 Å². The molecule has 0 aromatic carbocycles. The molecule has 0 aliphatic carbocycles. The number of hydrogen-bond acceptors (Lipinski definition) is 3. The fourth-order valence-electron chi connectivity index (χ4n) is 1.55. The smallest absolute Gasteiger partial charge is 0.248 e. The Balaban J connectivity index is 2.53. The van der Waals surface area contributed by atoms with Crippen molar-refractivity contribution in [1.82, 2.24) is 4.90 Å². The summed E-state index contributed by atoms with van der Waals surface area (Å²) in [6.45, 7) is 8.41. The van der Waals surface area contributed by atoms with Crippen molar-refractivity contribution in [2.75, 3.05) is 26.2 Å². The van der Waals surface area contributed by atoms with Crippen LogP contribution in [0.25, 0.3) is 0 Å². The fourth-order valence-corrected chi connectivity index (χ4v) is 1.55. The summed E-state index contributed by atoms with van der Waals surface area (Å²) in [6.07, 6.45) is 0.00931. The van der Waals surface area contributed by atoms with Crippen molar-refractivity contribution >= 4 is 5.91 Å². The minimum absolute atomic E-state index is 0.00931. The van der Waals surface area contributed by atoms with E-state index in [0.717, 1.165) is 6.54 Å². The van der Waals surface area contributed by atoms with E-state index in [1.54, 1.807) is 0 Å². The highest BCUT2D eigenvalue weighted by Crippen LogP contribution is 2.17. The predicted octanol–water partition coefficient (Wildman–Crippen LogP) is 0.219. The van der Waals surface area contributed by atoms with E-state index < -0.39 is 0 Å². The summed E-state index contributed by atoms with van der Waals surface area (Å²) in [4.78, 5) is 13.3. The molecule has 2 N–H and O–H groups in total. The Hall–Kier alpha value is -0.610. The van der Waals surface area contributed by atoms with Crippen LogP contribution < -0.4 is 5.73 Å². The van der Waals surface area contributed by atoms with Crippen molar-refractivity contribution in [3.05, 3.63) is 0 Å². The Morgan fingerprint density at radius 2 is 2.21 bits per heavy atom. The first-order chi connectivity index (χ1) is 6.42. The average molecular weight is 200 g/mol. The third-order valence-electron chi connectivity index (χ3n) is 2.15.